The number of pyridine rings is 2. The average molecular weight is 407 g/mol. The van der Waals surface area contributed by atoms with Crippen molar-refractivity contribution in [2.24, 2.45) is 0 Å². The van der Waals surface area contributed by atoms with Crippen molar-refractivity contribution in [1.29, 1.82) is 0 Å². The number of aromatic nitrogens is 8. The van der Waals surface area contributed by atoms with E-state index in [0.29, 0.717) is 11.5 Å². The smallest absolute Gasteiger partial charge is 0.159 e. The molecule has 0 aliphatic rings. The van der Waals surface area contributed by atoms with E-state index in [-0.39, 0.29) is 0 Å². The van der Waals surface area contributed by atoms with E-state index in [1.807, 2.05) is 48.0 Å². The second-order valence-corrected chi connectivity index (χ2v) is 7.38. The van der Waals surface area contributed by atoms with Gasteiger partial charge in [-0.3, -0.25) is 15.1 Å². The fraction of sp³-hybridized carbons (Fsp3) is 0.0455. The summed E-state index contributed by atoms with van der Waals surface area (Å²) in [6.45, 7) is 1.96. The molecule has 0 radical (unpaired) electrons. The van der Waals surface area contributed by atoms with Crippen LogP contribution in [-0.2, 0) is 0 Å². The number of para-hydroxylation sites is 1. The van der Waals surface area contributed by atoms with Crippen LogP contribution in [0.1, 0.15) is 5.69 Å². The summed E-state index contributed by atoms with van der Waals surface area (Å²) < 4.78 is 1.97. The predicted octanol–water partition coefficient (Wildman–Crippen LogP) is 3.64. The van der Waals surface area contributed by atoms with Crippen LogP contribution < -0.4 is 5.73 Å². The van der Waals surface area contributed by atoms with Gasteiger partial charge in [0, 0.05) is 29.5 Å². The van der Waals surface area contributed by atoms with Crippen LogP contribution in [0.5, 0.6) is 0 Å². The molecule has 0 amide bonds. The number of aryl methyl sites for hydroxylation is 1. The van der Waals surface area contributed by atoms with Gasteiger partial charge in [0.25, 0.3) is 0 Å². The Bertz CT molecular complexity index is 1570. The van der Waals surface area contributed by atoms with Crippen LogP contribution in [0.2, 0.25) is 0 Å². The van der Waals surface area contributed by atoms with Crippen molar-refractivity contribution in [3.05, 3.63) is 67.1 Å². The lowest BCUT2D eigenvalue weighted by Gasteiger charge is -2.02. The summed E-state index contributed by atoms with van der Waals surface area (Å²) in [5.41, 5.74) is 13.3. The lowest BCUT2D eigenvalue weighted by Crippen LogP contribution is -1.91. The minimum absolute atomic E-state index is 0.589. The van der Waals surface area contributed by atoms with E-state index in [0.717, 1.165) is 50.3 Å². The number of fused-ring (bicyclic) bond motifs is 2. The van der Waals surface area contributed by atoms with Gasteiger partial charge in [-0.25, -0.2) is 9.97 Å². The van der Waals surface area contributed by atoms with Gasteiger partial charge in [-0.05, 0) is 31.2 Å². The first-order chi connectivity index (χ1) is 15.2. The molecule has 150 valence electrons. The van der Waals surface area contributed by atoms with Gasteiger partial charge in [0.2, 0.25) is 0 Å². The second kappa shape index (κ2) is 6.49. The quantitative estimate of drug-likeness (QED) is 0.411. The molecule has 0 aliphatic heterocycles. The topological polar surface area (TPSA) is 127 Å². The number of benzene rings is 1. The maximum Gasteiger partial charge on any atom is 0.159 e. The molecular weight excluding hydrogens is 390 g/mol. The number of aromatic amines is 2. The zero-order valence-corrected chi connectivity index (χ0v) is 16.5. The van der Waals surface area contributed by atoms with Gasteiger partial charge in [-0.2, -0.15) is 5.10 Å². The molecule has 4 N–H and O–H groups in total. The Morgan fingerprint density at radius 3 is 2.81 bits per heavy atom. The van der Waals surface area contributed by atoms with Crippen LogP contribution >= 0.6 is 0 Å². The Labute approximate surface area is 176 Å². The van der Waals surface area contributed by atoms with Crippen molar-refractivity contribution in [3.63, 3.8) is 0 Å². The minimum atomic E-state index is 0.589. The number of nitrogens with one attached hydrogen (secondary N) is 2. The molecule has 0 aliphatic carbocycles. The van der Waals surface area contributed by atoms with Crippen molar-refractivity contribution >= 4 is 27.6 Å². The van der Waals surface area contributed by atoms with E-state index in [2.05, 4.69) is 30.1 Å². The lowest BCUT2D eigenvalue weighted by atomic mass is 10.1. The third kappa shape index (κ3) is 2.83. The molecule has 0 saturated heterocycles. The van der Waals surface area contributed by atoms with E-state index in [4.69, 9.17) is 10.7 Å². The third-order valence-electron chi connectivity index (χ3n) is 5.21. The largest absolute Gasteiger partial charge is 0.397 e. The number of rotatable bonds is 3. The summed E-state index contributed by atoms with van der Waals surface area (Å²) in [6.07, 6.45) is 8.88. The standard InChI is InChI=1S/C22H17N9/c1-12-10-31(11-26-12)19-4-2-3-16-21(19)28-22(27-16)20-15-6-17(25-9-18(15)29-30-20)13-5-14(23)8-24-7-13/h2-11H,23H2,1H3,(H,27,28)(H,29,30). The normalized spacial score (nSPS) is 11.5. The molecule has 0 saturated carbocycles. The number of nitrogen functional groups attached to an aromatic ring is 1. The molecule has 5 heterocycles. The van der Waals surface area contributed by atoms with E-state index in [1.165, 1.54) is 0 Å². The van der Waals surface area contributed by atoms with E-state index in [1.54, 1.807) is 24.9 Å². The average Bonchev–Trinajstić information content (AvgIpc) is 3.50. The molecule has 0 fully saturated rings. The monoisotopic (exact) mass is 407 g/mol. The number of imidazole rings is 2. The minimum Gasteiger partial charge on any atom is -0.397 e. The number of hydrogen-bond acceptors (Lipinski definition) is 6. The Kier molecular flexibility index (Phi) is 3.63. The zero-order valence-electron chi connectivity index (χ0n) is 16.5. The highest BCUT2D eigenvalue weighted by molar-refractivity contribution is 5.95. The Morgan fingerprint density at radius 2 is 1.97 bits per heavy atom. The summed E-state index contributed by atoms with van der Waals surface area (Å²) in [7, 11) is 0. The molecule has 6 rings (SSSR count). The van der Waals surface area contributed by atoms with Gasteiger partial charge < -0.3 is 15.3 Å². The van der Waals surface area contributed by atoms with Crippen molar-refractivity contribution < 1.29 is 0 Å². The molecular formula is C22H17N9. The molecule has 31 heavy (non-hydrogen) atoms. The van der Waals surface area contributed by atoms with Crippen LogP contribution in [0.3, 0.4) is 0 Å². The number of nitrogens with two attached hydrogens (primary N) is 1. The molecule has 0 atom stereocenters. The van der Waals surface area contributed by atoms with Crippen LogP contribution in [0, 0.1) is 6.92 Å². The summed E-state index contributed by atoms with van der Waals surface area (Å²) in [4.78, 5) is 21.3. The molecule has 9 nitrogen and oxygen atoms in total. The summed E-state index contributed by atoms with van der Waals surface area (Å²) in [6, 6.07) is 9.83. The van der Waals surface area contributed by atoms with Crippen LogP contribution in [0.4, 0.5) is 5.69 Å². The highest BCUT2D eigenvalue weighted by atomic mass is 15.1. The van der Waals surface area contributed by atoms with Crippen LogP contribution in [-0.4, -0.2) is 39.7 Å². The first-order valence-corrected chi connectivity index (χ1v) is 9.71. The number of hydrogen-bond donors (Lipinski definition) is 3. The second-order valence-electron chi connectivity index (χ2n) is 7.38. The van der Waals surface area contributed by atoms with Gasteiger partial charge in [-0.15, -0.1) is 0 Å². The molecule has 5 aromatic heterocycles. The Balaban J connectivity index is 1.51. The summed E-state index contributed by atoms with van der Waals surface area (Å²) in [5.74, 6) is 0.674. The van der Waals surface area contributed by atoms with E-state index >= 15 is 0 Å². The molecule has 6 aromatic rings. The fourth-order valence-corrected chi connectivity index (χ4v) is 3.74. The van der Waals surface area contributed by atoms with Crippen LogP contribution in [0.15, 0.2) is 61.4 Å². The number of anilines is 1. The van der Waals surface area contributed by atoms with Crippen molar-refractivity contribution in [3.8, 4) is 28.5 Å². The van der Waals surface area contributed by atoms with Gasteiger partial charge in [0.15, 0.2) is 5.82 Å². The summed E-state index contributed by atoms with van der Waals surface area (Å²) >= 11 is 0. The van der Waals surface area contributed by atoms with Crippen molar-refractivity contribution in [2.45, 2.75) is 6.92 Å². The number of H-pyrrole nitrogens is 2. The Morgan fingerprint density at radius 1 is 1.03 bits per heavy atom. The van der Waals surface area contributed by atoms with Gasteiger partial charge >= 0.3 is 0 Å². The van der Waals surface area contributed by atoms with Gasteiger partial charge in [-0.1, -0.05) is 6.07 Å². The predicted molar refractivity (Wildman–Crippen MR) is 118 cm³/mol. The van der Waals surface area contributed by atoms with Gasteiger partial charge in [0.05, 0.1) is 46.3 Å². The third-order valence-corrected chi connectivity index (χ3v) is 5.21. The highest BCUT2D eigenvalue weighted by Crippen LogP contribution is 2.30. The summed E-state index contributed by atoms with van der Waals surface area (Å²) in [5, 5.41) is 8.45. The molecule has 0 unspecified atom stereocenters. The molecule has 0 bridgehead atoms. The molecule has 1 aromatic carbocycles. The lowest BCUT2D eigenvalue weighted by molar-refractivity contribution is 1.06. The first kappa shape index (κ1) is 17.3. The Hall–Kier alpha value is -4.53. The SMILES string of the molecule is Cc1cn(-c2cccc3[nH]c(-c4n[nH]c5cnc(-c6cncc(N)c6)cc45)nc23)cn1. The highest BCUT2D eigenvalue weighted by Gasteiger charge is 2.16. The van der Waals surface area contributed by atoms with Gasteiger partial charge in [0.1, 0.15) is 11.2 Å². The first-order valence-electron chi connectivity index (χ1n) is 9.71. The fourth-order valence-electron chi connectivity index (χ4n) is 3.74. The molecule has 9 heteroatoms. The zero-order chi connectivity index (χ0) is 20.9. The van der Waals surface area contributed by atoms with E-state index < -0.39 is 0 Å². The van der Waals surface area contributed by atoms with Crippen molar-refractivity contribution in [2.75, 3.05) is 5.73 Å². The van der Waals surface area contributed by atoms with E-state index in [9.17, 15) is 0 Å². The maximum atomic E-state index is 5.89. The van der Waals surface area contributed by atoms with Crippen molar-refractivity contribution in [1.82, 2.24) is 39.7 Å². The maximum absolute atomic E-state index is 5.89. The number of nitrogens with zero attached hydrogens (tertiary/aromatic N) is 6. The van der Waals surface area contributed by atoms with Crippen LogP contribution in [0.25, 0.3) is 50.4 Å². The molecule has 0 spiro atoms.